The summed E-state index contributed by atoms with van der Waals surface area (Å²) in [5.74, 6) is 1.84. The molecular weight excluding hydrogens is 258 g/mol. The van der Waals surface area contributed by atoms with Crippen molar-refractivity contribution < 1.29 is 4.79 Å². The molecule has 1 N–H and O–H groups in total. The van der Waals surface area contributed by atoms with E-state index in [0.29, 0.717) is 12.5 Å². The molecular formula is C16H20ClNO. The van der Waals surface area contributed by atoms with Gasteiger partial charge in [-0.2, -0.15) is 0 Å². The standard InChI is InChI=1S/C16H20ClNO/c17-14-6-2-11(3-7-14)4-8-16(19)18-15-10-12-1-5-13(15)9-12/h2-3,6-7,12-13,15H,1,4-5,8-10H2,(H,18,19)/t12-,13+,15+/m0/s1. The van der Waals surface area contributed by atoms with Crippen LogP contribution in [0.3, 0.4) is 0 Å². The molecule has 3 atom stereocenters. The summed E-state index contributed by atoms with van der Waals surface area (Å²) in [5, 5.41) is 3.97. The lowest BCUT2D eigenvalue weighted by molar-refractivity contribution is -0.122. The molecule has 2 saturated carbocycles. The molecule has 2 fully saturated rings. The minimum Gasteiger partial charge on any atom is -0.353 e. The van der Waals surface area contributed by atoms with Crippen LogP contribution in [0.1, 0.15) is 37.7 Å². The van der Waals surface area contributed by atoms with Crippen molar-refractivity contribution in [3.8, 4) is 0 Å². The highest BCUT2D eigenvalue weighted by Crippen LogP contribution is 2.44. The zero-order valence-corrected chi connectivity index (χ0v) is 11.8. The maximum absolute atomic E-state index is 12.0. The number of fused-ring (bicyclic) bond motifs is 2. The Morgan fingerprint density at radius 3 is 2.63 bits per heavy atom. The van der Waals surface area contributed by atoms with Gasteiger partial charge in [-0.25, -0.2) is 0 Å². The highest BCUT2D eigenvalue weighted by molar-refractivity contribution is 6.30. The summed E-state index contributed by atoms with van der Waals surface area (Å²) in [6.07, 6.45) is 6.60. The van der Waals surface area contributed by atoms with Crippen LogP contribution in [0.25, 0.3) is 0 Å². The summed E-state index contributed by atoms with van der Waals surface area (Å²) in [4.78, 5) is 12.0. The number of benzene rings is 1. The Hall–Kier alpha value is -1.02. The van der Waals surface area contributed by atoms with Crippen LogP contribution in [0, 0.1) is 11.8 Å². The lowest BCUT2D eigenvalue weighted by Crippen LogP contribution is -2.38. The first-order chi connectivity index (χ1) is 9.20. The molecule has 102 valence electrons. The molecule has 0 unspecified atom stereocenters. The Balaban J connectivity index is 1.45. The molecule has 1 aromatic rings. The zero-order chi connectivity index (χ0) is 13.2. The third kappa shape index (κ3) is 3.11. The van der Waals surface area contributed by atoms with Gasteiger partial charge in [-0.3, -0.25) is 4.79 Å². The van der Waals surface area contributed by atoms with E-state index in [0.717, 1.165) is 23.3 Å². The highest BCUT2D eigenvalue weighted by atomic mass is 35.5. The number of hydrogen-bond acceptors (Lipinski definition) is 1. The molecule has 0 radical (unpaired) electrons. The van der Waals surface area contributed by atoms with Gasteiger partial charge in [0.1, 0.15) is 0 Å². The number of rotatable bonds is 4. The van der Waals surface area contributed by atoms with Gasteiger partial charge in [0.2, 0.25) is 5.91 Å². The summed E-state index contributed by atoms with van der Waals surface area (Å²) in [6.45, 7) is 0. The number of carbonyl (C=O) groups excluding carboxylic acids is 1. The monoisotopic (exact) mass is 277 g/mol. The normalized spacial score (nSPS) is 28.6. The van der Waals surface area contributed by atoms with Crippen LogP contribution >= 0.6 is 11.6 Å². The van der Waals surface area contributed by atoms with Gasteiger partial charge in [-0.15, -0.1) is 0 Å². The van der Waals surface area contributed by atoms with Crippen molar-refractivity contribution in [2.24, 2.45) is 11.8 Å². The average Bonchev–Trinajstić information content (AvgIpc) is 3.00. The van der Waals surface area contributed by atoms with E-state index in [4.69, 9.17) is 11.6 Å². The summed E-state index contributed by atoms with van der Waals surface area (Å²) in [5.41, 5.74) is 1.17. The predicted molar refractivity (Wildman–Crippen MR) is 77.2 cm³/mol. The number of amides is 1. The summed E-state index contributed by atoms with van der Waals surface area (Å²) >= 11 is 5.84. The molecule has 0 saturated heterocycles. The van der Waals surface area contributed by atoms with E-state index < -0.39 is 0 Å². The number of nitrogens with one attached hydrogen (secondary N) is 1. The Morgan fingerprint density at radius 1 is 1.21 bits per heavy atom. The molecule has 1 aromatic carbocycles. The number of hydrogen-bond donors (Lipinski definition) is 1. The fourth-order valence-electron chi connectivity index (χ4n) is 3.61. The minimum atomic E-state index is 0.201. The average molecular weight is 278 g/mol. The largest absolute Gasteiger partial charge is 0.353 e. The van der Waals surface area contributed by atoms with Crippen molar-refractivity contribution in [3.05, 3.63) is 34.9 Å². The number of aryl methyl sites for hydroxylation is 1. The van der Waals surface area contributed by atoms with Crippen molar-refractivity contribution in [3.63, 3.8) is 0 Å². The molecule has 3 rings (SSSR count). The third-order valence-corrected chi connectivity index (χ3v) is 4.89. The molecule has 1 amide bonds. The Bertz CT molecular complexity index is 456. The highest BCUT2D eigenvalue weighted by Gasteiger charge is 2.39. The fourth-order valence-corrected chi connectivity index (χ4v) is 3.74. The van der Waals surface area contributed by atoms with E-state index in [1.54, 1.807) is 0 Å². The first-order valence-corrected chi connectivity index (χ1v) is 7.62. The Morgan fingerprint density at radius 2 is 2.00 bits per heavy atom. The van der Waals surface area contributed by atoms with Gasteiger partial charge in [-0.1, -0.05) is 30.2 Å². The molecule has 2 aliphatic carbocycles. The smallest absolute Gasteiger partial charge is 0.220 e. The number of halogens is 1. The van der Waals surface area contributed by atoms with Crippen molar-refractivity contribution in [2.45, 2.75) is 44.6 Å². The van der Waals surface area contributed by atoms with E-state index in [2.05, 4.69) is 5.32 Å². The van der Waals surface area contributed by atoms with Crippen LogP contribution in [0.2, 0.25) is 5.02 Å². The van der Waals surface area contributed by atoms with Crippen LogP contribution in [0.5, 0.6) is 0 Å². The van der Waals surface area contributed by atoms with Crippen LogP contribution in [0.4, 0.5) is 0 Å². The molecule has 0 heterocycles. The van der Waals surface area contributed by atoms with Crippen molar-refractivity contribution in [2.75, 3.05) is 0 Å². The van der Waals surface area contributed by atoms with Crippen molar-refractivity contribution in [1.29, 1.82) is 0 Å². The molecule has 2 nitrogen and oxygen atoms in total. The van der Waals surface area contributed by atoms with Crippen molar-refractivity contribution in [1.82, 2.24) is 5.32 Å². The van der Waals surface area contributed by atoms with Gasteiger partial charge < -0.3 is 5.32 Å². The van der Waals surface area contributed by atoms with E-state index in [1.807, 2.05) is 24.3 Å². The van der Waals surface area contributed by atoms with Gasteiger partial charge in [0.05, 0.1) is 0 Å². The quantitative estimate of drug-likeness (QED) is 0.895. The third-order valence-electron chi connectivity index (χ3n) is 4.64. The Labute approximate surface area is 119 Å². The molecule has 19 heavy (non-hydrogen) atoms. The first kappa shape index (κ1) is 13.0. The fraction of sp³-hybridized carbons (Fsp3) is 0.562. The summed E-state index contributed by atoms with van der Waals surface area (Å²) in [6, 6.07) is 8.20. The summed E-state index contributed by atoms with van der Waals surface area (Å²) in [7, 11) is 0. The second-order valence-electron chi connectivity index (χ2n) is 5.98. The SMILES string of the molecule is O=C(CCc1ccc(Cl)cc1)N[C@@H]1C[C@H]2CC[C@@H]1C2. The lowest BCUT2D eigenvalue weighted by atomic mass is 9.95. The van der Waals surface area contributed by atoms with Gasteiger partial charge in [0.25, 0.3) is 0 Å². The molecule has 2 aliphatic rings. The predicted octanol–water partition coefficient (Wildman–Crippen LogP) is 3.58. The second kappa shape index (κ2) is 5.54. The van der Waals surface area contributed by atoms with Gasteiger partial charge >= 0.3 is 0 Å². The maximum Gasteiger partial charge on any atom is 0.220 e. The van der Waals surface area contributed by atoms with E-state index >= 15 is 0 Å². The van der Waals surface area contributed by atoms with Crippen molar-refractivity contribution >= 4 is 17.5 Å². The van der Waals surface area contributed by atoms with E-state index in [9.17, 15) is 4.79 Å². The van der Waals surface area contributed by atoms with E-state index in [1.165, 1.54) is 31.2 Å². The van der Waals surface area contributed by atoms with E-state index in [-0.39, 0.29) is 5.91 Å². The van der Waals surface area contributed by atoms with Crippen LogP contribution < -0.4 is 5.32 Å². The van der Waals surface area contributed by atoms with Crippen LogP contribution in [-0.4, -0.2) is 11.9 Å². The Kier molecular flexibility index (Phi) is 3.79. The molecule has 0 aromatic heterocycles. The molecule has 0 spiro atoms. The second-order valence-corrected chi connectivity index (χ2v) is 6.41. The molecule has 0 aliphatic heterocycles. The lowest BCUT2D eigenvalue weighted by Gasteiger charge is -2.22. The first-order valence-electron chi connectivity index (χ1n) is 7.24. The maximum atomic E-state index is 12.0. The zero-order valence-electron chi connectivity index (χ0n) is 11.1. The van der Waals surface area contributed by atoms with Crippen LogP contribution in [0.15, 0.2) is 24.3 Å². The van der Waals surface area contributed by atoms with Crippen LogP contribution in [-0.2, 0) is 11.2 Å². The topological polar surface area (TPSA) is 29.1 Å². The van der Waals surface area contributed by atoms with Gasteiger partial charge in [0, 0.05) is 17.5 Å². The number of carbonyl (C=O) groups is 1. The molecule has 3 heteroatoms. The van der Waals surface area contributed by atoms with Gasteiger partial charge in [-0.05, 0) is 55.2 Å². The minimum absolute atomic E-state index is 0.201. The van der Waals surface area contributed by atoms with Gasteiger partial charge in [0.15, 0.2) is 0 Å². The summed E-state index contributed by atoms with van der Waals surface area (Å²) < 4.78 is 0. The molecule has 2 bridgehead atoms.